The molecule has 7 heteroatoms. The van der Waals surface area contributed by atoms with E-state index in [1.54, 1.807) is 0 Å². The molecule has 1 amide bonds. The standard InChI is InChI=1S/C13H16Cl2N2O3/c1-3-7(2)16-6-11(18)17-12-9(14)4-8(13(19)20)5-10(12)15/h4-5,7,16H,3,6H2,1-2H3,(H,17,18)(H,19,20). The molecule has 1 aromatic rings. The Morgan fingerprint density at radius 1 is 1.30 bits per heavy atom. The third kappa shape index (κ3) is 4.67. The molecule has 0 aliphatic carbocycles. The number of amides is 1. The van der Waals surface area contributed by atoms with Crippen molar-refractivity contribution in [2.45, 2.75) is 26.3 Å². The van der Waals surface area contributed by atoms with Crippen molar-refractivity contribution < 1.29 is 14.7 Å². The molecular formula is C13H16Cl2N2O3. The number of anilines is 1. The first-order valence-electron chi connectivity index (χ1n) is 6.10. The minimum atomic E-state index is -1.13. The number of aromatic carboxylic acids is 1. The summed E-state index contributed by atoms with van der Waals surface area (Å²) in [6, 6.07) is 2.71. The van der Waals surface area contributed by atoms with Crippen LogP contribution in [-0.4, -0.2) is 29.6 Å². The number of hydrogen-bond donors (Lipinski definition) is 3. The van der Waals surface area contributed by atoms with E-state index in [1.165, 1.54) is 12.1 Å². The molecule has 0 saturated carbocycles. The van der Waals surface area contributed by atoms with E-state index in [2.05, 4.69) is 10.6 Å². The fraction of sp³-hybridized carbons (Fsp3) is 0.385. The molecular weight excluding hydrogens is 303 g/mol. The highest BCUT2D eigenvalue weighted by Gasteiger charge is 2.14. The zero-order chi connectivity index (χ0) is 15.3. The Hall–Kier alpha value is -1.30. The maximum absolute atomic E-state index is 11.7. The van der Waals surface area contributed by atoms with Gasteiger partial charge >= 0.3 is 5.97 Å². The highest BCUT2D eigenvalue weighted by Crippen LogP contribution is 2.31. The van der Waals surface area contributed by atoms with E-state index in [4.69, 9.17) is 28.3 Å². The second-order valence-electron chi connectivity index (χ2n) is 4.36. The van der Waals surface area contributed by atoms with E-state index in [9.17, 15) is 9.59 Å². The smallest absolute Gasteiger partial charge is 0.335 e. The molecule has 0 aromatic heterocycles. The second kappa shape index (κ2) is 7.47. The van der Waals surface area contributed by atoms with Crippen molar-refractivity contribution in [3.8, 4) is 0 Å². The lowest BCUT2D eigenvalue weighted by atomic mass is 10.2. The van der Waals surface area contributed by atoms with Crippen LogP contribution in [0.5, 0.6) is 0 Å². The van der Waals surface area contributed by atoms with Crippen LogP contribution in [-0.2, 0) is 4.79 Å². The number of halogens is 2. The summed E-state index contributed by atoms with van der Waals surface area (Å²) in [4.78, 5) is 22.6. The van der Waals surface area contributed by atoms with Crippen LogP contribution in [0.4, 0.5) is 5.69 Å². The predicted octanol–water partition coefficient (Wildman–Crippen LogP) is 3.02. The van der Waals surface area contributed by atoms with Gasteiger partial charge < -0.3 is 15.7 Å². The van der Waals surface area contributed by atoms with Gasteiger partial charge in [0, 0.05) is 6.04 Å². The van der Waals surface area contributed by atoms with Gasteiger partial charge in [-0.25, -0.2) is 4.79 Å². The molecule has 5 nitrogen and oxygen atoms in total. The van der Waals surface area contributed by atoms with Crippen LogP contribution in [0, 0.1) is 0 Å². The van der Waals surface area contributed by atoms with E-state index >= 15 is 0 Å². The van der Waals surface area contributed by atoms with Gasteiger partial charge in [-0.15, -0.1) is 0 Å². The maximum Gasteiger partial charge on any atom is 0.335 e. The Labute approximate surface area is 127 Å². The van der Waals surface area contributed by atoms with Crippen LogP contribution in [0.25, 0.3) is 0 Å². The second-order valence-corrected chi connectivity index (χ2v) is 5.17. The Kier molecular flexibility index (Phi) is 6.26. The molecule has 0 bridgehead atoms. The Balaban J connectivity index is 2.78. The van der Waals surface area contributed by atoms with Gasteiger partial charge in [0.1, 0.15) is 0 Å². The monoisotopic (exact) mass is 318 g/mol. The van der Waals surface area contributed by atoms with Gasteiger partial charge in [-0.05, 0) is 25.5 Å². The van der Waals surface area contributed by atoms with Crippen LogP contribution in [0.1, 0.15) is 30.6 Å². The van der Waals surface area contributed by atoms with Gasteiger partial charge in [0.15, 0.2) is 0 Å². The fourth-order valence-electron chi connectivity index (χ4n) is 1.41. The Morgan fingerprint density at radius 2 is 1.85 bits per heavy atom. The lowest BCUT2D eigenvalue weighted by Gasteiger charge is -2.13. The van der Waals surface area contributed by atoms with Crippen LogP contribution in [0.3, 0.4) is 0 Å². The maximum atomic E-state index is 11.7. The molecule has 0 fully saturated rings. The molecule has 20 heavy (non-hydrogen) atoms. The molecule has 110 valence electrons. The normalized spacial score (nSPS) is 12.0. The van der Waals surface area contributed by atoms with Crippen LogP contribution in [0.2, 0.25) is 10.0 Å². The van der Waals surface area contributed by atoms with Gasteiger partial charge in [0.2, 0.25) is 5.91 Å². The van der Waals surface area contributed by atoms with Gasteiger partial charge in [-0.3, -0.25) is 4.79 Å². The largest absolute Gasteiger partial charge is 0.478 e. The summed E-state index contributed by atoms with van der Waals surface area (Å²) < 4.78 is 0. The van der Waals surface area contributed by atoms with Crippen molar-refractivity contribution >= 4 is 40.8 Å². The van der Waals surface area contributed by atoms with E-state index in [0.29, 0.717) is 0 Å². The molecule has 0 saturated heterocycles. The summed E-state index contributed by atoms with van der Waals surface area (Å²) >= 11 is 11.9. The zero-order valence-corrected chi connectivity index (χ0v) is 12.7. The molecule has 0 heterocycles. The van der Waals surface area contributed by atoms with E-state index in [-0.39, 0.29) is 39.8 Å². The van der Waals surface area contributed by atoms with Crippen LogP contribution >= 0.6 is 23.2 Å². The summed E-state index contributed by atoms with van der Waals surface area (Å²) in [5.74, 6) is -1.43. The molecule has 1 atom stereocenters. The van der Waals surface area contributed by atoms with Crippen molar-refractivity contribution in [3.05, 3.63) is 27.7 Å². The average Bonchev–Trinajstić information content (AvgIpc) is 2.39. The number of hydrogen-bond acceptors (Lipinski definition) is 3. The van der Waals surface area contributed by atoms with Crippen molar-refractivity contribution in [2.24, 2.45) is 0 Å². The van der Waals surface area contributed by atoms with Gasteiger partial charge in [-0.2, -0.15) is 0 Å². The first kappa shape index (κ1) is 16.8. The van der Waals surface area contributed by atoms with Crippen molar-refractivity contribution in [3.63, 3.8) is 0 Å². The van der Waals surface area contributed by atoms with E-state index < -0.39 is 5.97 Å². The first-order valence-corrected chi connectivity index (χ1v) is 6.86. The molecule has 0 aliphatic rings. The number of carboxylic acids is 1. The number of rotatable bonds is 6. The fourth-order valence-corrected chi connectivity index (χ4v) is 1.99. The molecule has 1 rings (SSSR count). The summed E-state index contributed by atoms with van der Waals surface area (Å²) in [5.41, 5.74) is 0.185. The van der Waals surface area contributed by atoms with Crippen molar-refractivity contribution in [1.29, 1.82) is 0 Å². The van der Waals surface area contributed by atoms with Gasteiger partial charge in [0.05, 0.1) is 27.8 Å². The van der Waals surface area contributed by atoms with E-state index in [0.717, 1.165) is 6.42 Å². The van der Waals surface area contributed by atoms with E-state index in [1.807, 2.05) is 13.8 Å². The van der Waals surface area contributed by atoms with Crippen LogP contribution < -0.4 is 10.6 Å². The molecule has 1 unspecified atom stereocenters. The molecule has 3 N–H and O–H groups in total. The number of benzene rings is 1. The Morgan fingerprint density at radius 3 is 2.30 bits per heavy atom. The summed E-state index contributed by atoms with van der Waals surface area (Å²) in [6.45, 7) is 4.10. The van der Waals surface area contributed by atoms with Crippen LogP contribution in [0.15, 0.2) is 12.1 Å². The minimum Gasteiger partial charge on any atom is -0.478 e. The van der Waals surface area contributed by atoms with Crippen molar-refractivity contribution in [2.75, 3.05) is 11.9 Å². The molecule has 0 spiro atoms. The highest BCUT2D eigenvalue weighted by molar-refractivity contribution is 6.40. The molecule has 0 radical (unpaired) electrons. The quantitative estimate of drug-likeness (QED) is 0.753. The topological polar surface area (TPSA) is 78.4 Å². The third-order valence-corrected chi connectivity index (χ3v) is 3.37. The third-order valence-electron chi connectivity index (χ3n) is 2.78. The molecule has 0 aliphatic heterocycles. The summed E-state index contributed by atoms with van der Waals surface area (Å²) in [6.07, 6.45) is 0.905. The van der Waals surface area contributed by atoms with Gasteiger partial charge in [0.25, 0.3) is 0 Å². The number of carbonyl (C=O) groups is 2. The minimum absolute atomic E-state index is 0.0317. The highest BCUT2D eigenvalue weighted by atomic mass is 35.5. The number of nitrogens with one attached hydrogen (secondary N) is 2. The lowest BCUT2D eigenvalue weighted by molar-refractivity contribution is -0.115. The predicted molar refractivity (Wildman–Crippen MR) is 79.8 cm³/mol. The zero-order valence-electron chi connectivity index (χ0n) is 11.2. The van der Waals surface area contributed by atoms with Crippen molar-refractivity contribution in [1.82, 2.24) is 5.32 Å². The Bertz CT molecular complexity index is 497. The number of carboxylic acid groups (broad SMARTS) is 1. The summed E-state index contributed by atoms with van der Waals surface area (Å²) in [7, 11) is 0. The SMILES string of the molecule is CCC(C)NCC(=O)Nc1c(Cl)cc(C(=O)O)cc1Cl. The van der Waals surface area contributed by atoms with Gasteiger partial charge in [-0.1, -0.05) is 30.1 Å². The lowest BCUT2D eigenvalue weighted by Crippen LogP contribution is -2.34. The average molecular weight is 319 g/mol. The molecule has 1 aromatic carbocycles. The first-order chi connectivity index (χ1) is 9.35. The summed E-state index contributed by atoms with van der Waals surface area (Å²) in [5, 5.41) is 14.6. The number of carbonyl (C=O) groups excluding carboxylic acids is 1.